The molecular formula is C15H23NO2S. The minimum atomic E-state index is -0.242. The van der Waals surface area contributed by atoms with Gasteiger partial charge in [-0.3, -0.25) is 0 Å². The van der Waals surface area contributed by atoms with Crippen LogP contribution in [0.3, 0.4) is 0 Å². The second kappa shape index (κ2) is 6.42. The Morgan fingerprint density at radius 3 is 2.95 bits per heavy atom. The number of carbonyl (C=O) groups is 1. The molecular weight excluding hydrogens is 258 g/mol. The molecule has 2 rings (SSSR count). The summed E-state index contributed by atoms with van der Waals surface area (Å²) in [6, 6.07) is 0. The van der Waals surface area contributed by atoms with Gasteiger partial charge in [0.2, 0.25) is 0 Å². The van der Waals surface area contributed by atoms with Crippen LogP contribution in [0.2, 0.25) is 0 Å². The van der Waals surface area contributed by atoms with Gasteiger partial charge < -0.3 is 10.5 Å². The molecule has 4 heteroatoms. The van der Waals surface area contributed by atoms with Gasteiger partial charge in [0.25, 0.3) is 0 Å². The molecule has 1 aromatic rings. The second-order valence-corrected chi connectivity index (χ2v) is 6.35. The molecule has 0 aliphatic heterocycles. The summed E-state index contributed by atoms with van der Waals surface area (Å²) in [6.07, 6.45) is 7.06. The summed E-state index contributed by atoms with van der Waals surface area (Å²) in [4.78, 5) is 13.3. The zero-order valence-electron chi connectivity index (χ0n) is 11.8. The lowest BCUT2D eigenvalue weighted by Gasteiger charge is -2.22. The predicted molar refractivity (Wildman–Crippen MR) is 79.7 cm³/mol. The monoisotopic (exact) mass is 281 g/mol. The van der Waals surface area contributed by atoms with Gasteiger partial charge in [0.05, 0.1) is 12.2 Å². The van der Waals surface area contributed by atoms with Crippen LogP contribution in [-0.4, -0.2) is 12.6 Å². The maximum absolute atomic E-state index is 12.0. The first kappa shape index (κ1) is 14.4. The lowest BCUT2D eigenvalue weighted by molar-refractivity contribution is 0.0526. The van der Waals surface area contributed by atoms with Crippen LogP contribution in [0.15, 0.2) is 0 Å². The second-order valence-electron chi connectivity index (χ2n) is 5.21. The molecule has 0 amide bonds. The largest absolute Gasteiger partial charge is 0.462 e. The highest BCUT2D eigenvalue weighted by Gasteiger charge is 2.28. The fourth-order valence-electron chi connectivity index (χ4n) is 2.84. The Morgan fingerprint density at radius 2 is 2.26 bits per heavy atom. The van der Waals surface area contributed by atoms with Crippen LogP contribution in [-0.2, 0) is 17.6 Å². The van der Waals surface area contributed by atoms with Crippen molar-refractivity contribution < 1.29 is 9.53 Å². The normalized spacial score (nSPS) is 18.1. The van der Waals surface area contributed by atoms with Gasteiger partial charge >= 0.3 is 5.97 Å². The molecule has 1 heterocycles. The van der Waals surface area contributed by atoms with Crippen LogP contribution in [0, 0.1) is 5.92 Å². The Labute approximate surface area is 119 Å². The van der Waals surface area contributed by atoms with Gasteiger partial charge in [-0.2, -0.15) is 0 Å². The number of nitrogens with two attached hydrogens (primary N) is 1. The van der Waals surface area contributed by atoms with Crippen LogP contribution < -0.4 is 5.73 Å². The molecule has 0 aromatic carbocycles. The fourth-order valence-corrected chi connectivity index (χ4v) is 3.95. The third-order valence-electron chi connectivity index (χ3n) is 3.84. The summed E-state index contributed by atoms with van der Waals surface area (Å²) < 4.78 is 5.14. The first-order chi connectivity index (χ1) is 9.17. The number of carbonyl (C=O) groups excluding carboxylic acids is 1. The predicted octanol–water partition coefficient (Wildman–Crippen LogP) is 3.80. The molecule has 19 heavy (non-hydrogen) atoms. The van der Waals surface area contributed by atoms with E-state index in [0.29, 0.717) is 23.1 Å². The third-order valence-corrected chi connectivity index (χ3v) is 4.96. The van der Waals surface area contributed by atoms with E-state index < -0.39 is 0 Å². The van der Waals surface area contributed by atoms with Crippen molar-refractivity contribution in [3.63, 3.8) is 0 Å². The number of thiophene rings is 1. The van der Waals surface area contributed by atoms with Gasteiger partial charge in [0.1, 0.15) is 5.00 Å². The molecule has 1 aromatic heterocycles. The lowest BCUT2D eigenvalue weighted by atomic mass is 9.83. The van der Waals surface area contributed by atoms with Crippen molar-refractivity contribution in [3.8, 4) is 0 Å². The molecule has 0 spiro atoms. The quantitative estimate of drug-likeness (QED) is 0.835. The molecule has 1 aliphatic rings. The summed E-state index contributed by atoms with van der Waals surface area (Å²) in [5.74, 6) is 0.461. The van der Waals surface area contributed by atoms with Gasteiger partial charge in [-0.05, 0) is 37.7 Å². The number of anilines is 1. The van der Waals surface area contributed by atoms with Crippen molar-refractivity contribution >= 4 is 22.3 Å². The zero-order valence-corrected chi connectivity index (χ0v) is 12.6. The first-order valence-corrected chi connectivity index (χ1v) is 8.06. The van der Waals surface area contributed by atoms with E-state index in [1.807, 2.05) is 6.92 Å². The van der Waals surface area contributed by atoms with E-state index in [2.05, 4.69) is 6.92 Å². The summed E-state index contributed by atoms with van der Waals surface area (Å²) in [6.45, 7) is 4.46. The number of esters is 1. The molecule has 0 saturated heterocycles. The molecule has 3 nitrogen and oxygen atoms in total. The summed E-state index contributed by atoms with van der Waals surface area (Å²) in [5, 5.41) is 0.639. The number of hydrogen-bond donors (Lipinski definition) is 1. The average molecular weight is 281 g/mol. The van der Waals surface area contributed by atoms with E-state index in [1.54, 1.807) is 11.3 Å². The topological polar surface area (TPSA) is 52.3 Å². The summed E-state index contributed by atoms with van der Waals surface area (Å²) in [5.41, 5.74) is 7.85. The SMILES string of the molecule is CCCCC1CCc2sc(N)c(C(=O)OCC)c2C1. The maximum atomic E-state index is 12.0. The van der Waals surface area contributed by atoms with E-state index in [9.17, 15) is 4.79 Å². The summed E-state index contributed by atoms with van der Waals surface area (Å²) in [7, 11) is 0. The van der Waals surface area contributed by atoms with E-state index in [4.69, 9.17) is 10.5 Å². The van der Waals surface area contributed by atoms with Crippen molar-refractivity contribution in [2.45, 2.75) is 52.4 Å². The van der Waals surface area contributed by atoms with Crippen molar-refractivity contribution in [1.82, 2.24) is 0 Å². The Hall–Kier alpha value is -1.03. The van der Waals surface area contributed by atoms with Crippen LogP contribution in [0.25, 0.3) is 0 Å². The van der Waals surface area contributed by atoms with Gasteiger partial charge in [0, 0.05) is 4.88 Å². The molecule has 1 atom stereocenters. The minimum absolute atomic E-state index is 0.242. The number of unbranched alkanes of at least 4 members (excludes halogenated alkanes) is 1. The zero-order chi connectivity index (χ0) is 13.8. The van der Waals surface area contributed by atoms with Gasteiger partial charge in [-0.25, -0.2) is 4.79 Å². The Balaban J connectivity index is 2.19. The molecule has 2 N–H and O–H groups in total. The number of fused-ring (bicyclic) bond motifs is 1. The number of hydrogen-bond acceptors (Lipinski definition) is 4. The Kier molecular flexibility index (Phi) is 4.86. The van der Waals surface area contributed by atoms with Gasteiger partial charge in [0.15, 0.2) is 0 Å². The number of ether oxygens (including phenoxy) is 1. The molecule has 0 saturated carbocycles. The van der Waals surface area contributed by atoms with E-state index in [0.717, 1.165) is 12.8 Å². The van der Waals surface area contributed by atoms with Crippen LogP contribution in [0.1, 0.15) is 60.3 Å². The fraction of sp³-hybridized carbons (Fsp3) is 0.667. The molecule has 0 radical (unpaired) electrons. The standard InChI is InChI=1S/C15H23NO2S/c1-3-5-6-10-7-8-12-11(9-10)13(14(16)19-12)15(17)18-4-2/h10H,3-9,16H2,1-2H3. The Morgan fingerprint density at radius 1 is 1.47 bits per heavy atom. The molecule has 1 aliphatic carbocycles. The molecule has 0 fully saturated rings. The Bertz CT molecular complexity index is 453. The first-order valence-electron chi connectivity index (χ1n) is 7.24. The highest BCUT2D eigenvalue weighted by Crippen LogP contribution is 2.39. The molecule has 1 unspecified atom stereocenters. The van der Waals surface area contributed by atoms with E-state index in [1.165, 1.54) is 36.1 Å². The van der Waals surface area contributed by atoms with Crippen LogP contribution in [0.5, 0.6) is 0 Å². The van der Waals surface area contributed by atoms with E-state index in [-0.39, 0.29) is 5.97 Å². The van der Waals surface area contributed by atoms with Crippen molar-refractivity contribution in [2.24, 2.45) is 5.92 Å². The van der Waals surface area contributed by atoms with Gasteiger partial charge in [-0.15, -0.1) is 11.3 Å². The average Bonchev–Trinajstić information content (AvgIpc) is 2.71. The lowest BCUT2D eigenvalue weighted by Crippen LogP contribution is -2.16. The smallest absolute Gasteiger partial charge is 0.341 e. The maximum Gasteiger partial charge on any atom is 0.341 e. The van der Waals surface area contributed by atoms with Crippen molar-refractivity contribution in [1.29, 1.82) is 0 Å². The highest BCUT2D eigenvalue weighted by atomic mass is 32.1. The van der Waals surface area contributed by atoms with Crippen molar-refractivity contribution in [2.75, 3.05) is 12.3 Å². The van der Waals surface area contributed by atoms with E-state index >= 15 is 0 Å². The third kappa shape index (κ3) is 3.11. The number of aryl methyl sites for hydroxylation is 1. The summed E-state index contributed by atoms with van der Waals surface area (Å²) >= 11 is 1.57. The molecule has 106 valence electrons. The number of rotatable bonds is 5. The highest BCUT2D eigenvalue weighted by molar-refractivity contribution is 7.16. The van der Waals surface area contributed by atoms with Gasteiger partial charge in [-0.1, -0.05) is 26.2 Å². The van der Waals surface area contributed by atoms with Crippen molar-refractivity contribution in [3.05, 3.63) is 16.0 Å². The number of nitrogen functional groups attached to an aromatic ring is 1. The molecule has 0 bridgehead atoms. The minimum Gasteiger partial charge on any atom is -0.462 e. The van der Waals surface area contributed by atoms with Crippen LogP contribution in [0.4, 0.5) is 5.00 Å². The van der Waals surface area contributed by atoms with Crippen LogP contribution >= 0.6 is 11.3 Å².